The highest BCUT2D eigenvalue weighted by molar-refractivity contribution is 5.94. The summed E-state index contributed by atoms with van der Waals surface area (Å²) < 4.78 is 50.8. The molecule has 0 spiro atoms. The molecule has 29 heavy (non-hydrogen) atoms. The van der Waals surface area contributed by atoms with E-state index in [1.165, 1.54) is 0 Å². The zero-order valence-corrected chi connectivity index (χ0v) is 16.1. The lowest BCUT2D eigenvalue weighted by atomic mass is 9.85. The molecule has 1 saturated carbocycles. The van der Waals surface area contributed by atoms with Gasteiger partial charge in [0.1, 0.15) is 0 Å². The van der Waals surface area contributed by atoms with Crippen LogP contribution in [0.4, 0.5) is 5.82 Å². The lowest BCUT2D eigenvalue weighted by molar-refractivity contribution is -0.120. The van der Waals surface area contributed by atoms with Crippen LogP contribution < -0.4 is 10.6 Å². The lowest BCUT2D eigenvalue weighted by Gasteiger charge is -2.29. The van der Waals surface area contributed by atoms with Crippen LogP contribution in [-0.2, 0) is 4.79 Å². The maximum absolute atomic E-state index is 12.8. The van der Waals surface area contributed by atoms with Crippen LogP contribution >= 0.6 is 0 Å². The van der Waals surface area contributed by atoms with Gasteiger partial charge in [0.15, 0.2) is 17.5 Å². The smallest absolute Gasteiger partial charge is 0.228 e. The highest BCUT2D eigenvalue weighted by Crippen LogP contribution is 2.27. The molecule has 2 heterocycles. The van der Waals surface area contributed by atoms with Crippen LogP contribution in [0.5, 0.6) is 0 Å². The first-order valence-electron chi connectivity index (χ1n) is 12.7. The number of amides is 1. The van der Waals surface area contributed by atoms with Gasteiger partial charge in [0.2, 0.25) is 5.91 Å². The second-order valence-electron chi connectivity index (χ2n) is 7.38. The monoisotopic (exact) mass is 399 g/mol. The number of nitrogens with one attached hydrogen (secondary N) is 2. The molecule has 1 fully saturated rings. The van der Waals surface area contributed by atoms with E-state index in [4.69, 9.17) is 12.6 Å². The standard InChI is InChI=1S/C22H27N5O2/c1-13(2)24-18-7-4-15(5-8-18)22(28)25-21-11-17-10-16(6-9-19(17)26-27-21)20-12-23-14(3)29-20/h6,9-13,15,18,24H,4-5,7-8H2,1-3H3,(H,25,27,28)/t15-,18-/i1D3,2D3. The van der Waals surface area contributed by atoms with E-state index in [1.807, 2.05) is 18.2 Å². The maximum Gasteiger partial charge on any atom is 0.228 e. The van der Waals surface area contributed by atoms with Crippen molar-refractivity contribution in [2.24, 2.45) is 5.92 Å². The molecule has 7 nitrogen and oxygen atoms in total. The summed E-state index contributed by atoms with van der Waals surface area (Å²) in [6.45, 7) is -3.51. The van der Waals surface area contributed by atoms with Crippen LogP contribution in [0, 0.1) is 12.8 Å². The van der Waals surface area contributed by atoms with E-state index in [2.05, 4.69) is 25.8 Å². The fraction of sp³-hybridized carbons (Fsp3) is 0.455. The molecule has 1 aromatic carbocycles. The Kier molecular flexibility index (Phi) is 3.84. The molecule has 152 valence electrons. The van der Waals surface area contributed by atoms with Crippen LogP contribution in [0.25, 0.3) is 22.2 Å². The van der Waals surface area contributed by atoms with Gasteiger partial charge in [0.05, 0.1) is 11.7 Å². The molecule has 7 heteroatoms. The van der Waals surface area contributed by atoms with E-state index in [9.17, 15) is 4.79 Å². The molecule has 0 atom stereocenters. The minimum Gasteiger partial charge on any atom is -0.441 e. The third-order valence-electron chi connectivity index (χ3n) is 5.24. The number of rotatable bonds is 5. The number of anilines is 1. The summed E-state index contributed by atoms with van der Waals surface area (Å²) in [5.74, 6) is 1.06. The molecule has 0 unspecified atom stereocenters. The number of oxazole rings is 1. The van der Waals surface area contributed by atoms with Crippen LogP contribution in [0.3, 0.4) is 0 Å². The average Bonchev–Trinajstić information content (AvgIpc) is 3.22. The highest BCUT2D eigenvalue weighted by atomic mass is 16.4. The number of benzene rings is 1. The van der Waals surface area contributed by atoms with Gasteiger partial charge in [-0.1, -0.05) is 13.7 Å². The summed E-state index contributed by atoms with van der Waals surface area (Å²) in [5.41, 5.74) is 1.51. The van der Waals surface area contributed by atoms with Gasteiger partial charge in [0.25, 0.3) is 0 Å². The predicted molar refractivity (Wildman–Crippen MR) is 112 cm³/mol. The van der Waals surface area contributed by atoms with Crippen molar-refractivity contribution >= 4 is 22.6 Å². The molecule has 4 rings (SSSR count). The van der Waals surface area contributed by atoms with Gasteiger partial charge < -0.3 is 15.1 Å². The minimum absolute atomic E-state index is 0.192. The Morgan fingerprint density at radius 3 is 2.76 bits per heavy atom. The second kappa shape index (κ2) is 8.29. The number of carbonyl (C=O) groups excluding carboxylic acids is 1. The normalized spacial score (nSPS) is 23.5. The quantitative estimate of drug-likeness (QED) is 0.671. The summed E-state index contributed by atoms with van der Waals surface area (Å²) in [7, 11) is 0. The molecule has 1 aliphatic carbocycles. The molecule has 1 aliphatic rings. The van der Waals surface area contributed by atoms with Crippen LogP contribution in [0.1, 0.15) is 53.5 Å². The number of fused-ring (bicyclic) bond motifs is 1. The Morgan fingerprint density at radius 2 is 2.03 bits per heavy atom. The Balaban J connectivity index is 1.38. The number of nitrogens with zero attached hydrogens (tertiary/aromatic N) is 3. The van der Waals surface area contributed by atoms with Gasteiger partial charge in [-0.2, -0.15) is 0 Å². The first-order chi connectivity index (χ1) is 16.4. The van der Waals surface area contributed by atoms with E-state index in [-0.39, 0.29) is 17.9 Å². The molecule has 2 aromatic heterocycles. The van der Waals surface area contributed by atoms with E-state index in [0.717, 1.165) is 10.9 Å². The maximum atomic E-state index is 12.8. The Hall–Kier alpha value is -2.80. The third kappa shape index (κ3) is 4.62. The lowest BCUT2D eigenvalue weighted by Crippen LogP contribution is -2.39. The Morgan fingerprint density at radius 1 is 1.21 bits per heavy atom. The number of carbonyl (C=O) groups is 1. The summed E-state index contributed by atoms with van der Waals surface area (Å²) in [4.78, 5) is 17.0. The summed E-state index contributed by atoms with van der Waals surface area (Å²) >= 11 is 0. The van der Waals surface area contributed by atoms with Gasteiger partial charge in [-0.15, -0.1) is 10.2 Å². The van der Waals surface area contributed by atoms with Crippen molar-refractivity contribution in [1.82, 2.24) is 20.5 Å². The van der Waals surface area contributed by atoms with Crippen molar-refractivity contribution in [3.63, 3.8) is 0 Å². The van der Waals surface area contributed by atoms with Crippen LogP contribution in [0.2, 0.25) is 0 Å². The average molecular weight is 400 g/mol. The molecular weight excluding hydrogens is 366 g/mol. The molecular formula is C22H27N5O2. The summed E-state index contributed by atoms with van der Waals surface area (Å²) in [5, 5.41) is 14.7. The highest BCUT2D eigenvalue weighted by Gasteiger charge is 2.26. The Bertz CT molecular complexity index is 1190. The fourth-order valence-electron chi connectivity index (χ4n) is 3.74. The second-order valence-corrected chi connectivity index (χ2v) is 7.38. The molecule has 0 radical (unpaired) electrons. The third-order valence-corrected chi connectivity index (χ3v) is 5.24. The fourth-order valence-corrected chi connectivity index (χ4v) is 3.74. The van der Waals surface area contributed by atoms with Gasteiger partial charge in [-0.25, -0.2) is 4.98 Å². The van der Waals surface area contributed by atoms with Crippen molar-refractivity contribution in [3.05, 3.63) is 36.4 Å². The van der Waals surface area contributed by atoms with Crippen LogP contribution in [-0.4, -0.2) is 33.2 Å². The number of hydrogen-bond acceptors (Lipinski definition) is 6. The molecule has 0 saturated heterocycles. The number of hydrogen-bond donors (Lipinski definition) is 2. The first-order valence-corrected chi connectivity index (χ1v) is 9.67. The number of aromatic nitrogens is 3. The van der Waals surface area contributed by atoms with Crippen molar-refractivity contribution < 1.29 is 17.4 Å². The SMILES string of the molecule is [2H]C([2H])([2H])C(N[C@H]1CC[C@H](C(=O)Nc2cc3cc(-c4cnc(C)o4)ccc3nn2)CC1)C([2H])([2H])[2H]. The first kappa shape index (κ1) is 13.4. The Labute approximate surface area is 178 Å². The van der Waals surface area contributed by atoms with Gasteiger partial charge in [-0.05, 0) is 49.9 Å². The van der Waals surface area contributed by atoms with Crippen molar-refractivity contribution in [2.45, 2.75) is 58.4 Å². The zero-order chi connectivity index (χ0) is 25.4. The van der Waals surface area contributed by atoms with Crippen LogP contribution in [0.15, 0.2) is 34.9 Å². The number of aryl methyl sites for hydroxylation is 1. The van der Waals surface area contributed by atoms with E-state index in [0.29, 0.717) is 48.7 Å². The van der Waals surface area contributed by atoms with E-state index >= 15 is 0 Å². The molecule has 0 aliphatic heterocycles. The summed E-state index contributed by atoms with van der Waals surface area (Å²) in [6, 6.07) is 5.46. The van der Waals surface area contributed by atoms with Gasteiger partial charge in [-0.3, -0.25) is 4.79 Å². The predicted octanol–water partition coefficient (Wildman–Crippen LogP) is 4.09. The van der Waals surface area contributed by atoms with Crippen molar-refractivity contribution in [1.29, 1.82) is 0 Å². The van der Waals surface area contributed by atoms with E-state index < -0.39 is 19.7 Å². The summed E-state index contributed by atoms with van der Waals surface area (Å²) in [6.07, 6.45) is 3.67. The molecule has 1 amide bonds. The molecule has 3 aromatic rings. The minimum atomic E-state index is -2.64. The van der Waals surface area contributed by atoms with Gasteiger partial charge in [0, 0.05) is 44.1 Å². The topological polar surface area (TPSA) is 92.9 Å². The van der Waals surface area contributed by atoms with Crippen molar-refractivity contribution in [3.8, 4) is 11.3 Å². The molecule has 2 N–H and O–H groups in total. The van der Waals surface area contributed by atoms with Crippen molar-refractivity contribution in [2.75, 3.05) is 5.32 Å². The zero-order valence-electron chi connectivity index (χ0n) is 22.1. The molecule has 0 bridgehead atoms. The van der Waals surface area contributed by atoms with Gasteiger partial charge >= 0.3 is 0 Å². The largest absolute Gasteiger partial charge is 0.441 e. The van der Waals surface area contributed by atoms with E-state index in [1.54, 1.807) is 19.2 Å².